The molecule has 1 aromatic carbocycles. The first-order chi connectivity index (χ1) is 12.7. The van der Waals surface area contributed by atoms with Gasteiger partial charge in [0.25, 0.3) is 0 Å². The number of aromatic nitrogens is 2. The molecule has 4 rings (SSSR count). The number of nitrogens with one attached hydrogen (secondary N) is 1. The van der Waals surface area contributed by atoms with Crippen LogP contribution in [0.4, 0.5) is 5.82 Å². The molecule has 1 aromatic heterocycles. The Hall–Kier alpha value is -2.61. The molecular formula is C18H22N4O4. The molecule has 1 aliphatic carbocycles. The van der Waals surface area contributed by atoms with E-state index >= 15 is 0 Å². The van der Waals surface area contributed by atoms with E-state index < -0.39 is 4.92 Å². The van der Waals surface area contributed by atoms with Gasteiger partial charge < -0.3 is 24.9 Å². The molecule has 0 spiro atoms. The van der Waals surface area contributed by atoms with Gasteiger partial charge in [-0.05, 0) is 48.4 Å². The first-order valence-corrected chi connectivity index (χ1v) is 9.02. The van der Waals surface area contributed by atoms with Crippen molar-refractivity contribution in [1.82, 2.24) is 15.1 Å². The molecule has 0 radical (unpaired) electrons. The van der Waals surface area contributed by atoms with Crippen LogP contribution in [-0.4, -0.2) is 34.1 Å². The maximum atomic E-state index is 10.9. The predicted molar refractivity (Wildman–Crippen MR) is 94.4 cm³/mol. The second-order valence-corrected chi connectivity index (χ2v) is 6.76. The van der Waals surface area contributed by atoms with Crippen LogP contribution >= 0.6 is 0 Å². The van der Waals surface area contributed by atoms with Crippen molar-refractivity contribution in [2.75, 3.05) is 13.3 Å². The molecule has 26 heavy (non-hydrogen) atoms. The molecule has 0 saturated heterocycles. The van der Waals surface area contributed by atoms with Gasteiger partial charge in [-0.1, -0.05) is 18.9 Å². The van der Waals surface area contributed by atoms with Crippen LogP contribution < -0.4 is 14.8 Å². The second-order valence-electron chi connectivity index (χ2n) is 6.76. The Balaban J connectivity index is 1.37. The van der Waals surface area contributed by atoms with Crippen LogP contribution in [0.3, 0.4) is 0 Å². The summed E-state index contributed by atoms with van der Waals surface area (Å²) in [7, 11) is 0. The molecule has 1 aliphatic heterocycles. The fourth-order valence-corrected chi connectivity index (χ4v) is 3.77. The maximum Gasteiger partial charge on any atom is 0.389 e. The first-order valence-electron chi connectivity index (χ1n) is 9.02. The van der Waals surface area contributed by atoms with Crippen LogP contribution in [0, 0.1) is 10.1 Å². The van der Waals surface area contributed by atoms with Gasteiger partial charge in [0.15, 0.2) is 11.5 Å². The van der Waals surface area contributed by atoms with Crippen molar-refractivity contribution < 1.29 is 14.4 Å². The molecule has 1 saturated carbocycles. The van der Waals surface area contributed by atoms with E-state index in [1.165, 1.54) is 18.1 Å². The minimum absolute atomic E-state index is 0.0883. The molecule has 0 bridgehead atoms. The predicted octanol–water partition coefficient (Wildman–Crippen LogP) is 2.84. The number of ether oxygens (including phenoxy) is 2. The Kier molecular flexibility index (Phi) is 4.75. The van der Waals surface area contributed by atoms with Crippen LogP contribution in [0.5, 0.6) is 11.5 Å². The summed E-state index contributed by atoms with van der Waals surface area (Å²) in [5, 5.41) is 18.6. The lowest BCUT2D eigenvalue weighted by Gasteiger charge is -2.30. The fraction of sp³-hybridized carbons (Fsp3) is 0.500. The molecule has 1 N–H and O–H groups in total. The van der Waals surface area contributed by atoms with Crippen molar-refractivity contribution in [3.05, 3.63) is 46.1 Å². The third-order valence-corrected chi connectivity index (χ3v) is 5.11. The quantitative estimate of drug-likeness (QED) is 0.631. The minimum Gasteiger partial charge on any atom is -0.454 e. The number of benzene rings is 1. The monoisotopic (exact) mass is 358 g/mol. The molecule has 2 heterocycles. The molecule has 0 unspecified atom stereocenters. The van der Waals surface area contributed by atoms with Gasteiger partial charge in [-0.2, -0.15) is 4.68 Å². The topological polar surface area (TPSA) is 91.5 Å². The van der Waals surface area contributed by atoms with E-state index in [4.69, 9.17) is 9.47 Å². The zero-order chi connectivity index (χ0) is 17.9. The van der Waals surface area contributed by atoms with Crippen LogP contribution in [-0.2, 0) is 6.42 Å². The van der Waals surface area contributed by atoms with E-state index in [-0.39, 0.29) is 24.7 Å². The summed E-state index contributed by atoms with van der Waals surface area (Å²) >= 11 is 0. The van der Waals surface area contributed by atoms with Gasteiger partial charge in [-0.3, -0.25) is 0 Å². The van der Waals surface area contributed by atoms with Crippen molar-refractivity contribution in [2.45, 2.75) is 44.2 Å². The van der Waals surface area contributed by atoms with Gasteiger partial charge in [-0.25, -0.2) is 0 Å². The molecule has 2 aromatic rings. The number of fused-ring (bicyclic) bond motifs is 1. The number of hydrogen-bond donors (Lipinski definition) is 1. The lowest BCUT2D eigenvalue weighted by atomic mass is 9.90. The highest BCUT2D eigenvalue weighted by atomic mass is 16.7. The van der Waals surface area contributed by atoms with E-state index in [1.54, 1.807) is 10.9 Å². The van der Waals surface area contributed by atoms with Crippen LogP contribution in [0.15, 0.2) is 30.5 Å². The molecule has 8 heteroatoms. The third-order valence-electron chi connectivity index (χ3n) is 5.11. The normalized spacial score (nSPS) is 21.7. The van der Waals surface area contributed by atoms with Gasteiger partial charge in [-0.15, -0.1) is 0 Å². The summed E-state index contributed by atoms with van der Waals surface area (Å²) in [5.74, 6) is 1.52. The largest absolute Gasteiger partial charge is 0.454 e. The molecule has 8 nitrogen and oxygen atoms in total. The standard InChI is InChI=1S/C18H22N4O4/c23-22(24)18-8-10-21(20-18)15-4-2-1-3-14(15)19-9-7-13-5-6-16-17(11-13)26-12-25-16/h5-6,8,10-11,14-15,19H,1-4,7,9,12H2/t14-,15-/m1/s1. The van der Waals surface area contributed by atoms with Crippen LogP contribution in [0.1, 0.15) is 37.3 Å². The Morgan fingerprint density at radius 1 is 1.23 bits per heavy atom. The highest BCUT2D eigenvalue weighted by Gasteiger charge is 2.29. The van der Waals surface area contributed by atoms with E-state index in [9.17, 15) is 10.1 Å². The summed E-state index contributed by atoms with van der Waals surface area (Å²) in [6.07, 6.45) is 6.94. The maximum absolute atomic E-state index is 10.9. The highest BCUT2D eigenvalue weighted by Crippen LogP contribution is 2.33. The Morgan fingerprint density at radius 3 is 2.92 bits per heavy atom. The Labute approximate surface area is 151 Å². The zero-order valence-corrected chi connectivity index (χ0v) is 14.5. The number of rotatable bonds is 6. The van der Waals surface area contributed by atoms with Gasteiger partial charge in [0.1, 0.15) is 0 Å². The van der Waals surface area contributed by atoms with Gasteiger partial charge >= 0.3 is 5.82 Å². The number of nitrogens with zero attached hydrogens (tertiary/aromatic N) is 3. The van der Waals surface area contributed by atoms with E-state index in [2.05, 4.69) is 16.5 Å². The van der Waals surface area contributed by atoms with Gasteiger partial charge in [0.2, 0.25) is 6.79 Å². The molecule has 1 fully saturated rings. The van der Waals surface area contributed by atoms with E-state index in [0.29, 0.717) is 0 Å². The van der Waals surface area contributed by atoms with Gasteiger partial charge in [0, 0.05) is 6.04 Å². The summed E-state index contributed by atoms with van der Waals surface area (Å²) in [5.41, 5.74) is 1.20. The summed E-state index contributed by atoms with van der Waals surface area (Å²) in [4.78, 5) is 10.4. The fourth-order valence-electron chi connectivity index (χ4n) is 3.77. The lowest BCUT2D eigenvalue weighted by molar-refractivity contribution is -0.389. The van der Waals surface area contributed by atoms with Crippen molar-refractivity contribution >= 4 is 5.82 Å². The molecule has 2 atom stereocenters. The molecule has 2 aliphatic rings. The number of hydrogen-bond acceptors (Lipinski definition) is 6. The van der Waals surface area contributed by atoms with Crippen LogP contribution in [0.25, 0.3) is 0 Å². The van der Waals surface area contributed by atoms with Crippen molar-refractivity contribution in [3.63, 3.8) is 0 Å². The lowest BCUT2D eigenvalue weighted by Crippen LogP contribution is -2.41. The summed E-state index contributed by atoms with van der Waals surface area (Å²) in [6, 6.07) is 7.94. The van der Waals surface area contributed by atoms with E-state index in [1.807, 2.05) is 12.1 Å². The first kappa shape index (κ1) is 16.8. The number of nitro groups is 1. The average molecular weight is 358 g/mol. The molecule has 138 valence electrons. The third kappa shape index (κ3) is 3.50. The average Bonchev–Trinajstić information content (AvgIpc) is 3.31. The summed E-state index contributed by atoms with van der Waals surface area (Å²) < 4.78 is 12.5. The summed E-state index contributed by atoms with van der Waals surface area (Å²) in [6.45, 7) is 1.13. The Morgan fingerprint density at radius 2 is 2.08 bits per heavy atom. The zero-order valence-electron chi connectivity index (χ0n) is 14.5. The Bertz CT molecular complexity index is 791. The van der Waals surface area contributed by atoms with Crippen molar-refractivity contribution in [2.24, 2.45) is 0 Å². The van der Waals surface area contributed by atoms with Crippen molar-refractivity contribution in [1.29, 1.82) is 0 Å². The SMILES string of the molecule is O=[N+]([O-])c1ccn([C@@H]2CCCC[C@H]2NCCc2ccc3c(c2)OCO3)n1. The highest BCUT2D eigenvalue weighted by molar-refractivity contribution is 5.44. The van der Waals surface area contributed by atoms with Crippen molar-refractivity contribution in [3.8, 4) is 11.5 Å². The minimum atomic E-state index is -0.443. The second kappa shape index (κ2) is 7.33. The molecular weight excluding hydrogens is 336 g/mol. The van der Waals surface area contributed by atoms with Gasteiger partial charge in [0.05, 0.1) is 23.4 Å². The molecule has 0 amide bonds. The smallest absolute Gasteiger partial charge is 0.389 e. The van der Waals surface area contributed by atoms with Crippen LogP contribution in [0.2, 0.25) is 0 Å². The van der Waals surface area contributed by atoms with E-state index in [0.717, 1.165) is 43.7 Å².